The standard InChI is InChI=1S/C14H8F3N3O2/c15-14(16,17)9-4-1-3-8(7-9)11-19-13(22-20-11)10-5-2-6-18-12(10)21/h1-7H,(H,18,21). The molecule has 3 aromatic rings. The fourth-order valence-corrected chi connectivity index (χ4v) is 1.87. The van der Waals surface area contributed by atoms with Crippen LogP contribution < -0.4 is 5.56 Å². The zero-order chi connectivity index (χ0) is 15.7. The second-order valence-corrected chi connectivity index (χ2v) is 4.41. The molecule has 0 saturated heterocycles. The molecule has 0 radical (unpaired) electrons. The number of halogens is 3. The summed E-state index contributed by atoms with van der Waals surface area (Å²) in [7, 11) is 0. The number of hydrogen-bond donors (Lipinski definition) is 1. The number of aromatic nitrogens is 3. The number of aromatic amines is 1. The molecular formula is C14H8F3N3O2. The third-order valence-corrected chi connectivity index (χ3v) is 2.92. The minimum Gasteiger partial charge on any atom is -0.333 e. The fourth-order valence-electron chi connectivity index (χ4n) is 1.87. The van der Waals surface area contributed by atoms with Gasteiger partial charge in [0.15, 0.2) is 0 Å². The maximum absolute atomic E-state index is 12.7. The zero-order valence-corrected chi connectivity index (χ0v) is 10.9. The summed E-state index contributed by atoms with van der Waals surface area (Å²) in [5.41, 5.74) is -0.943. The number of alkyl halides is 3. The third-order valence-electron chi connectivity index (χ3n) is 2.92. The van der Waals surface area contributed by atoms with Crippen LogP contribution in [0.15, 0.2) is 51.9 Å². The van der Waals surface area contributed by atoms with Gasteiger partial charge < -0.3 is 9.51 Å². The predicted octanol–water partition coefficient (Wildman–Crippen LogP) is 3.11. The van der Waals surface area contributed by atoms with Crippen molar-refractivity contribution in [1.82, 2.24) is 15.1 Å². The molecule has 0 amide bonds. The Kier molecular flexibility index (Phi) is 3.28. The lowest BCUT2D eigenvalue weighted by Crippen LogP contribution is -2.07. The monoisotopic (exact) mass is 307 g/mol. The van der Waals surface area contributed by atoms with Crippen molar-refractivity contribution in [3.8, 4) is 22.8 Å². The quantitative estimate of drug-likeness (QED) is 0.789. The zero-order valence-electron chi connectivity index (χ0n) is 10.9. The van der Waals surface area contributed by atoms with Crippen LogP contribution in [0.25, 0.3) is 22.8 Å². The lowest BCUT2D eigenvalue weighted by molar-refractivity contribution is -0.137. The maximum Gasteiger partial charge on any atom is 0.416 e. The van der Waals surface area contributed by atoms with Crippen LogP contribution in [0.5, 0.6) is 0 Å². The molecule has 0 saturated carbocycles. The first-order chi connectivity index (χ1) is 10.4. The molecular weight excluding hydrogens is 299 g/mol. The summed E-state index contributed by atoms with van der Waals surface area (Å²) in [6, 6.07) is 7.60. The van der Waals surface area contributed by atoms with E-state index >= 15 is 0 Å². The molecule has 0 aliphatic rings. The van der Waals surface area contributed by atoms with E-state index < -0.39 is 17.3 Å². The molecule has 0 fully saturated rings. The summed E-state index contributed by atoms with van der Waals surface area (Å²) in [5.74, 6) is -0.0846. The number of benzene rings is 1. The minimum absolute atomic E-state index is 0.0237. The molecule has 0 atom stereocenters. The van der Waals surface area contributed by atoms with E-state index in [1.807, 2.05) is 0 Å². The van der Waals surface area contributed by atoms with Crippen molar-refractivity contribution in [2.24, 2.45) is 0 Å². The smallest absolute Gasteiger partial charge is 0.333 e. The molecule has 3 rings (SSSR count). The van der Waals surface area contributed by atoms with Gasteiger partial charge in [-0.1, -0.05) is 17.3 Å². The van der Waals surface area contributed by atoms with Gasteiger partial charge in [0.25, 0.3) is 11.4 Å². The Morgan fingerprint density at radius 2 is 1.95 bits per heavy atom. The topological polar surface area (TPSA) is 71.8 Å². The van der Waals surface area contributed by atoms with Crippen LogP contribution in [0.3, 0.4) is 0 Å². The van der Waals surface area contributed by atoms with Crippen molar-refractivity contribution in [3.63, 3.8) is 0 Å². The normalized spacial score (nSPS) is 11.6. The van der Waals surface area contributed by atoms with E-state index in [9.17, 15) is 18.0 Å². The second-order valence-electron chi connectivity index (χ2n) is 4.41. The number of hydrogen-bond acceptors (Lipinski definition) is 4. The first-order valence-corrected chi connectivity index (χ1v) is 6.14. The van der Waals surface area contributed by atoms with Gasteiger partial charge in [0, 0.05) is 11.8 Å². The van der Waals surface area contributed by atoms with Crippen molar-refractivity contribution in [3.05, 3.63) is 58.5 Å². The summed E-state index contributed by atoms with van der Waals surface area (Å²) >= 11 is 0. The Morgan fingerprint density at radius 1 is 1.14 bits per heavy atom. The summed E-state index contributed by atoms with van der Waals surface area (Å²) in [6.07, 6.45) is -3.02. The van der Waals surface area contributed by atoms with Gasteiger partial charge in [-0.25, -0.2) is 0 Å². The van der Waals surface area contributed by atoms with E-state index in [4.69, 9.17) is 4.52 Å². The number of pyridine rings is 1. The maximum atomic E-state index is 12.7. The van der Waals surface area contributed by atoms with Gasteiger partial charge in [-0.3, -0.25) is 4.79 Å². The van der Waals surface area contributed by atoms with Crippen LogP contribution in [0.2, 0.25) is 0 Å². The Bertz CT molecular complexity index is 868. The predicted molar refractivity (Wildman–Crippen MR) is 70.8 cm³/mol. The van der Waals surface area contributed by atoms with Gasteiger partial charge in [-0.05, 0) is 24.3 Å². The summed E-state index contributed by atoms with van der Waals surface area (Å²) in [6.45, 7) is 0. The Morgan fingerprint density at radius 3 is 2.68 bits per heavy atom. The van der Waals surface area contributed by atoms with Crippen LogP contribution in [0, 0.1) is 0 Å². The molecule has 5 nitrogen and oxygen atoms in total. The average molecular weight is 307 g/mol. The van der Waals surface area contributed by atoms with E-state index in [0.29, 0.717) is 0 Å². The summed E-state index contributed by atoms with van der Waals surface area (Å²) in [5, 5.41) is 3.62. The van der Waals surface area contributed by atoms with Gasteiger partial charge in [-0.2, -0.15) is 18.2 Å². The molecule has 2 heterocycles. The van der Waals surface area contributed by atoms with Gasteiger partial charge in [-0.15, -0.1) is 0 Å². The summed E-state index contributed by atoms with van der Waals surface area (Å²) < 4.78 is 43.0. The highest BCUT2D eigenvalue weighted by Gasteiger charge is 2.30. The lowest BCUT2D eigenvalue weighted by Gasteiger charge is -2.06. The molecule has 112 valence electrons. The molecule has 8 heteroatoms. The number of H-pyrrole nitrogens is 1. The van der Waals surface area contributed by atoms with Crippen LogP contribution in [0.1, 0.15) is 5.56 Å². The molecule has 0 unspecified atom stereocenters. The van der Waals surface area contributed by atoms with Crippen LogP contribution >= 0.6 is 0 Å². The Hall–Kier alpha value is -2.90. The number of rotatable bonds is 2. The van der Waals surface area contributed by atoms with Crippen LogP contribution in [0.4, 0.5) is 13.2 Å². The fraction of sp³-hybridized carbons (Fsp3) is 0.0714. The average Bonchev–Trinajstić information content (AvgIpc) is 2.97. The minimum atomic E-state index is -4.46. The highest BCUT2D eigenvalue weighted by atomic mass is 19.4. The Balaban J connectivity index is 2.02. The molecule has 0 aliphatic heterocycles. The van der Waals surface area contributed by atoms with Gasteiger partial charge in [0.1, 0.15) is 5.56 Å². The van der Waals surface area contributed by atoms with Gasteiger partial charge >= 0.3 is 6.18 Å². The first kappa shape index (κ1) is 14.1. The van der Waals surface area contributed by atoms with Crippen LogP contribution in [-0.2, 0) is 6.18 Å². The molecule has 1 aromatic carbocycles. The van der Waals surface area contributed by atoms with E-state index in [1.165, 1.54) is 24.4 Å². The summed E-state index contributed by atoms with van der Waals surface area (Å²) in [4.78, 5) is 18.0. The largest absolute Gasteiger partial charge is 0.416 e. The SMILES string of the molecule is O=c1[nH]cccc1-c1nc(-c2cccc(C(F)(F)F)c2)no1. The van der Waals surface area contributed by atoms with Gasteiger partial charge in [0.05, 0.1) is 5.56 Å². The molecule has 0 aliphatic carbocycles. The van der Waals surface area contributed by atoms with Gasteiger partial charge in [0.2, 0.25) is 5.82 Å². The van der Waals surface area contributed by atoms with E-state index in [0.717, 1.165) is 12.1 Å². The molecule has 0 spiro atoms. The third kappa shape index (κ3) is 2.62. The lowest BCUT2D eigenvalue weighted by atomic mass is 10.1. The van der Waals surface area contributed by atoms with E-state index in [1.54, 1.807) is 6.07 Å². The number of nitrogens with zero attached hydrogens (tertiary/aromatic N) is 2. The molecule has 1 N–H and O–H groups in total. The Labute approximate surface area is 121 Å². The van der Waals surface area contributed by atoms with Crippen LogP contribution in [-0.4, -0.2) is 15.1 Å². The first-order valence-electron chi connectivity index (χ1n) is 6.14. The van der Waals surface area contributed by atoms with E-state index in [-0.39, 0.29) is 22.8 Å². The number of nitrogens with one attached hydrogen (secondary N) is 1. The van der Waals surface area contributed by atoms with Crippen molar-refractivity contribution in [2.45, 2.75) is 6.18 Å². The molecule has 22 heavy (non-hydrogen) atoms. The highest BCUT2D eigenvalue weighted by Crippen LogP contribution is 2.31. The molecule has 0 bridgehead atoms. The van der Waals surface area contributed by atoms with Crippen molar-refractivity contribution in [2.75, 3.05) is 0 Å². The van der Waals surface area contributed by atoms with Crippen molar-refractivity contribution in [1.29, 1.82) is 0 Å². The highest BCUT2D eigenvalue weighted by molar-refractivity contribution is 5.59. The van der Waals surface area contributed by atoms with Crippen molar-refractivity contribution >= 4 is 0 Å². The van der Waals surface area contributed by atoms with Crippen molar-refractivity contribution < 1.29 is 17.7 Å². The second kappa shape index (κ2) is 5.14. The molecule has 2 aromatic heterocycles. The van der Waals surface area contributed by atoms with E-state index in [2.05, 4.69) is 15.1 Å².